The summed E-state index contributed by atoms with van der Waals surface area (Å²) >= 11 is 11.6. The molecular formula is C15H17Cl2NO3S. The van der Waals surface area contributed by atoms with Gasteiger partial charge in [0.2, 0.25) is 0 Å². The average Bonchev–Trinajstić information content (AvgIpc) is 2.49. The Kier molecular flexibility index (Phi) is 7.16. The number of hydrogen-bond acceptors (Lipinski definition) is 3. The number of benzene rings is 2. The molecule has 0 unspecified atom stereocenters. The molecule has 0 amide bonds. The Labute approximate surface area is 140 Å². The number of aliphatic hydroxyl groups is 1. The third-order valence-electron chi connectivity index (χ3n) is 2.61. The van der Waals surface area contributed by atoms with Gasteiger partial charge in [0.15, 0.2) is 0 Å². The Morgan fingerprint density at radius 2 is 1.55 bits per heavy atom. The summed E-state index contributed by atoms with van der Waals surface area (Å²) < 4.78 is 26.8. The molecule has 2 aromatic carbocycles. The van der Waals surface area contributed by atoms with Crippen molar-refractivity contribution in [3.63, 3.8) is 0 Å². The summed E-state index contributed by atoms with van der Waals surface area (Å²) in [6, 6.07) is 10.3. The minimum absolute atomic E-state index is 0.0748. The highest BCUT2D eigenvalue weighted by Gasteiger charge is 2.16. The first-order valence-electron chi connectivity index (χ1n) is 6.60. The standard InChI is InChI=1S/C13H11Cl2NO3S.C2H6/c14-10-3-5-12(6-4-10)20(18,19)16-13-7-11(15)2-1-9(13)8-17;1-2/h1-7,16-17H,8H2;1-2H3. The molecule has 0 fully saturated rings. The van der Waals surface area contributed by atoms with Crippen LogP contribution in [0.15, 0.2) is 47.4 Å². The van der Waals surface area contributed by atoms with Gasteiger partial charge in [-0.05, 0) is 36.4 Å². The maximum Gasteiger partial charge on any atom is 0.261 e. The van der Waals surface area contributed by atoms with Crippen molar-refractivity contribution in [2.75, 3.05) is 4.72 Å². The molecule has 0 radical (unpaired) electrons. The van der Waals surface area contributed by atoms with Gasteiger partial charge in [-0.25, -0.2) is 8.42 Å². The molecule has 0 atom stereocenters. The van der Waals surface area contributed by atoms with Crippen LogP contribution in [0, 0.1) is 0 Å². The lowest BCUT2D eigenvalue weighted by Gasteiger charge is -2.12. The van der Waals surface area contributed by atoms with Gasteiger partial charge >= 0.3 is 0 Å². The lowest BCUT2D eigenvalue weighted by molar-refractivity contribution is 0.282. The van der Waals surface area contributed by atoms with Crippen LogP contribution in [0.25, 0.3) is 0 Å². The zero-order valence-corrected chi connectivity index (χ0v) is 14.5. The highest BCUT2D eigenvalue weighted by molar-refractivity contribution is 7.92. The predicted octanol–water partition coefficient (Wildman–Crippen LogP) is 4.31. The van der Waals surface area contributed by atoms with E-state index in [4.69, 9.17) is 23.2 Å². The van der Waals surface area contributed by atoms with Crippen molar-refractivity contribution >= 4 is 38.9 Å². The van der Waals surface area contributed by atoms with Crippen LogP contribution >= 0.6 is 23.2 Å². The third-order valence-corrected chi connectivity index (χ3v) is 4.48. The summed E-state index contributed by atoms with van der Waals surface area (Å²) in [5, 5.41) is 10.0. The van der Waals surface area contributed by atoms with Gasteiger partial charge < -0.3 is 5.11 Å². The highest BCUT2D eigenvalue weighted by atomic mass is 35.5. The number of aliphatic hydroxyl groups excluding tert-OH is 1. The van der Waals surface area contributed by atoms with E-state index in [1.54, 1.807) is 12.1 Å². The second kappa shape index (κ2) is 8.39. The number of sulfonamides is 1. The maximum absolute atomic E-state index is 12.2. The van der Waals surface area contributed by atoms with Crippen LogP contribution in [0.4, 0.5) is 5.69 Å². The minimum atomic E-state index is -3.76. The average molecular weight is 362 g/mol. The second-order valence-electron chi connectivity index (χ2n) is 4.02. The zero-order chi connectivity index (χ0) is 16.8. The van der Waals surface area contributed by atoms with E-state index in [2.05, 4.69) is 4.72 Å². The van der Waals surface area contributed by atoms with Crippen LogP contribution in [0.5, 0.6) is 0 Å². The Hall–Kier alpha value is -1.27. The number of rotatable bonds is 4. The first-order chi connectivity index (χ1) is 10.4. The molecule has 0 spiro atoms. The molecule has 0 aliphatic carbocycles. The molecule has 2 N–H and O–H groups in total. The number of nitrogens with one attached hydrogen (secondary N) is 1. The van der Waals surface area contributed by atoms with Crippen LogP contribution < -0.4 is 4.72 Å². The van der Waals surface area contributed by atoms with E-state index in [1.807, 2.05) is 13.8 Å². The van der Waals surface area contributed by atoms with Crippen molar-refractivity contribution < 1.29 is 13.5 Å². The van der Waals surface area contributed by atoms with Crippen molar-refractivity contribution in [1.29, 1.82) is 0 Å². The Morgan fingerprint density at radius 3 is 2.09 bits per heavy atom. The molecule has 0 heterocycles. The largest absolute Gasteiger partial charge is 0.392 e. The van der Waals surface area contributed by atoms with Crippen LogP contribution in [0.2, 0.25) is 10.0 Å². The summed E-state index contributed by atoms with van der Waals surface area (Å²) in [5.41, 5.74) is 0.682. The van der Waals surface area contributed by atoms with E-state index >= 15 is 0 Å². The van der Waals surface area contributed by atoms with Crippen molar-refractivity contribution in [3.8, 4) is 0 Å². The highest BCUT2D eigenvalue weighted by Crippen LogP contribution is 2.24. The van der Waals surface area contributed by atoms with Gasteiger partial charge in [0.05, 0.1) is 17.2 Å². The molecule has 22 heavy (non-hydrogen) atoms. The number of anilines is 1. The molecule has 120 valence electrons. The minimum Gasteiger partial charge on any atom is -0.392 e. The van der Waals surface area contributed by atoms with Crippen LogP contribution in [-0.4, -0.2) is 13.5 Å². The van der Waals surface area contributed by atoms with Crippen molar-refractivity contribution in [2.45, 2.75) is 25.3 Å². The van der Waals surface area contributed by atoms with E-state index in [-0.39, 0.29) is 17.2 Å². The molecule has 7 heteroatoms. The molecular weight excluding hydrogens is 345 g/mol. The normalized spacial score (nSPS) is 10.6. The van der Waals surface area contributed by atoms with E-state index in [0.29, 0.717) is 15.6 Å². The summed E-state index contributed by atoms with van der Waals surface area (Å²) in [4.78, 5) is 0.0748. The smallest absolute Gasteiger partial charge is 0.261 e. The molecule has 2 aromatic rings. The van der Waals surface area contributed by atoms with Crippen molar-refractivity contribution in [3.05, 3.63) is 58.1 Å². The quantitative estimate of drug-likeness (QED) is 0.852. The summed E-state index contributed by atoms with van der Waals surface area (Å²) in [6.45, 7) is 3.70. The summed E-state index contributed by atoms with van der Waals surface area (Å²) in [7, 11) is -3.76. The molecule has 0 aliphatic rings. The maximum atomic E-state index is 12.2. The molecule has 0 aromatic heterocycles. The molecule has 4 nitrogen and oxygen atoms in total. The van der Waals surface area contributed by atoms with Gasteiger partial charge in [0, 0.05) is 15.6 Å². The first kappa shape index (κ1) is 18.8. The Morgan fingerprint density at radius 1 is 1.00 bits per heavy atom. The van der Waals surface area contributed by atoms with E-state index in [1.165, 1.54) is 30.3 Å². The van der Waals surface area contributed by atoms with Crippen LogP contribution in [-0.2, 0) is 16.6 Å². The third kappa shape index (κ3) is 4.88. The Bertz CT molecular complexity index is 716. The van der Waals surface area contributed by atoms with Gasteiger partial charge in [0.1, 0.15) is 0 Å². The van der Waals surface area contributed by atoms with Crippen LogP contribution in [0.3, 0.4) is 0 Å². The van der Waals surface area contributed by atoms with Gasteiger partial charge in [-0.1, -0.05) is 43.1 Å². The fraction of sp³-hybridized carbons (Fsp3) is 0.200. The van der Waals surface area contributed by atoms with E-state index in [0.717, 1.165) is 0 Å². The van der Waals surface area contributed by atoms with Crippen molar-refractivity contribution in [2.24, 2.45) is 0 Å². The van der Waals surface area contributed by atoms with E-state index < -0.39 is 10.0 Å². The van der Waals surface area contributed by atoms with Gasteiger partial charge in [-0.3, -0.25) is 4.72 Å². The van der Waals surface area contributed by atoms with Gasteiger partial charge in [-0.15, -0.1) is 0 Å². The molecule has 2 rings (SSSR count). The lowest BCUT2D eigenvalue weighted by atomic mass is 10.2. The number of hydrogen-bond donors (Lipinski definition) is 2. The van der Waals surface area contributed by atoms with Crippen molar-refractivity contribution in [1.82, 2.24) is 0 Å². The zero-order valence-electron chi connectivity index (χ0n) is 12.2. The Balaban J connectivity index is 0.00000116. The topological polar surface area (TPSA) is 66.4 Å². The monoisotopic (exact) mass is 361 g/mol. The molecule has 0 saturated carbocycles. The summed E-state index contributed by atoms with van der Waals surface area (Å²) in [5.74, 6) is 0. The fourth-order valence-corrected chi connectivity index (χ4v) is 2.99. The SMILES string of the molecule is CC.O=S(=O)(Nc1cc(Cl)ccc1CO)c1ccc(Cl)cc1. The predicted molar refractivity (Wildman–Crippen MR) is 91.0 cm³/mol. The fourth-order valence-electron chi connectivity index (χ4n) is 1.60. The van der Waals surface area contributed by atoms with Crippen LogP contribution in [0.1, 0.15) is 19.4 Å². The van der Waals surface area contributed by atoms with E-state index in [9.17, 15) is 13.5 Å². The summed E-state index contributed by atoms with van der Waals surface area (Å²) in [6.07, 6.45) is 0. The first-order valence-corrected chi connectivity index (χ1v) is 8.84. The molecule has 0 bridgehead atoms. The molecule has 0 saturated heterocycles. The number of halogens is 2. The van der Waals surface area contributed by atoms with Gasteiger partial charge in [0.25, 0.3) is 10.0 Å². The second-order valence-corrected chi connectivity index (χ2v) is 6.57. The molecule has 0 aliphatic heterocycles. The lowest BCUT2D eigenvalue weighted by Crippen LogP contribution is -2.14. The van der Waals surface area contributed by atoms with Gasteiger partial charge in [-0.2, -0.15) is 0 Å².